The number of hydrogen-bond donors (Lipinski definition) is 3. The highest BCUT2D eigenvalue weighted by atomic mass is 16.5. The molecule has 0 aliphatic carbocycles. The molecule has 1 aliphatic rings. The third-order valence-corrected chi connectivity index (χ3v) is 8.50. The van der Waals surface area contributed by atoms with Gasteiger partial charge in [-0.15, -0.1) is 0 Å². The Morgan fingerprint density at radius 1 is 1.13 bits per heavy atom. The van der Waals surface area contributed by atoms with Crippen LogP contribution < -0.4 is 16.5 Å². The van der Waals surface area contributed by atoms with Crippen LogP contribution in [0.3, 0.4) is 0 Å². The maximum Gasteiger partial charge on any atom is 0.302 e. The van der Waals surface area contributed by atoms with Gasteiger partial charge in [-0.05, 0) is 67.7 Å². The van der Waals surface area contributed by atoms with E-state index < -0.39 is 12.1 Å². The third-order valence-electron chi connectivity index (χ3n) is 8.50. The summed E-state index contributed by atoms with van der Waals surface area (Å²) >= 11 is 0. The van der Waals surface area contributed by atoms with Crippen molar-refractivity contribution in [3.8, 4) is 17.2 Å². The number of nitriles is 1. The van der Waals surface area contributed by atoms with Gasteiger partial charge in [0.25, 0.3) is 5.91 Å². The molecule has 2 atom stereocenters. The fourth-order valence-electron chi connectivity index (χ4n) is 6.39. The lowest BCUT2D eigenvalue weighted by atomic mass is 9.94. The number of carbonyl (C=O) groups excluding carboxylic acids is 3. The van der Waals surface area contributed by atoms with Crippen LogP contribution in [0.15, 0.2) is 42.6 Å². The van der Waals surface area contributed by atoms with Gasteiger partial charge in [0.15, 0.2) is 0 Å². The second kappa shape index (κ2) is 15.0. The standard InChI is InChI=1S/C36H49N7O4/c1-23(2)33(41(6)7)34(45)40-31(35(46)43-13-9-8-12-39-43)16-25-14-27(17-29(38)15-25)26-10-11-30-28(19-37)20-42(32(30)18-26)21-36(4,5)22-47-24(3)44/h10-11,14-15,17-18,20,23,31,33,39H,8-9,12-13,16,21-22,38H2,1-7H3,(H,40,45). The lowest BCUT2D eigenvalue weighted by Gasteiger charge is -2.33. The quantitative estimate of drug-likeness (QED) is 0.198. The van der Waals surface area contributed by atoms with Crippen LogP contribution in [0.25, 0.3) is 22.0 Å². The molecule has 2 amide bonds. The molecule has 1 aliphatic heterocycles. The van der Waals surface area contributed by atoms with Crippen LogP contribution in [0.5, 0.6) is 0 Å². The number of likely N-dealkylation sites (N-methyl/N-ethyl adjacent to an activating group) is 1. The van der Waals surface area contributed by atoms with Crippen LogP contribution >= 0.6 is 0 Å². The highest BCUT2D eigenvalue weighted by Crippen LogP contribution is 2.32. The number of ether oxygens (including phenoxy) is 1. The van der Waals surface area contributed by atoms with E-state index in [4.69, 9.17) is 10.5 Å². The first-order chi connectivity index (χ1) is 22.2. The van der Waals surface area contributed by atoms with Gasteiger partial charge < -0.3 is 20.4 Å². The molecule has 3 aromatic rings. The molecule has 1 fully saturated rings. The topological polar surface area (TPSA) is 146 Å². The fourth-order valence-corrected chi connectivity index (χ4v) is 6.39. The predicted octanol–water partition coefficient (Wildman–Crippen LogP) is 4.09. The SMILES string of the molecule is CC(=O)OCC(C)(C)Cn1cc(C#N)c2ccc(-c3cc(N)cc(CC(NC(=O)C(C(C)C)N(C)C)C(=O)N4CCCCN4)c3)cc21. The van der Waals surface area contributed by atoms with Crippen molar-refractivity contribution >= 4 is 34.4 Å². The van der Waals surface area contributed by atoms with Crippen LogP contribution in [-0.4, -0.2) is 78.1 Å². The monoisotopic (exact) mass is 643 g/mol. The van der Waals surface area contributed by atoms with Gasteiger partial charge in [-0.1, -0.05) is 45.9 Å². The average Bonchev–Trinajstić information content (AvgIpc) is 3.35. The van der Waals surface area contributed by atoms with Crippen molar-refractivity contribution in [3.05, 3.63) is 53.7 Å². The highest BCUT2D eigenvalue weighted by Gasteiger charge is 2.32. The molecular weight excluding hydrogens is 594 g/mol. The average molecular weight is 644 g/mol. The molecule has 2 heterocycles. The molecule has 0 saturated carbocycles. The molecule has 0 radical (unpaired) electrons. The van der Waals surface area contributed by atoms with Gasteiger partial charge in [-0.2, -0.15) is 5.26 Å². The number of carbonyl (C=O) groups is 3. The summed E-state index contributed by atoms with van der Waals surface area (Å²) in [7, 11) is 3.73. The van der Waals surface area contributed by atoms with E-state index in [-0.39, 0.29) is 42.1 Å². The number of nitrogens with two attached hydrogens (primary N) is 1. The Kier molecular flexibility index (Phi) is 11.3. The van der Waals surface area contributed by atoms with E-state index in [2.05, 4.69) is 16.8 Å². The van der Waals surface area contributed by atoms with E-state index in [0.29, 0.717) is 30.9 Å². The van der Waals surface area contributed by atoms with E-state index in [9.17, 15) is 19.6 Å². The Morgan fingerprint density at radius 2 is 1.87 bits per heavy atom. The minimum absolute atomic E-state index is 0.0514. The summed E-state index contributed by atoms with van der Waals surface area (Å²) in [5.41, 5.74) is 13.8. The smallest absolute Gasteiger partial charge is 0.302 e. The van der Waals surface area contributed by atoms with Gasteiger partial charge >= 0.3 is 5.97 Å². The van der Waals surface area contributed by atoms with Crippen molar-refractivity contribution in [3.63, 3.8) is 0 Å². The van der Waals surface area contributed by atoms with E-state index in [0.717, 1.165) is 40.4 Å². The normalized spacial score (nSPS) is 15.0. The van der Waals surface area contributed by atoms with E-state index in [1.54, 1.807) is 5.01 Å². The van der Waals surface area contributed by atoms with Crippen molar-refractivity contribution in [2.75, 3.05) is 39.5 Å². The maximum absolute atomic E-state index is 13.8. The number of nitrogens with zero attached hydrogens (tertiary/aromatic N) is 4. The van der Waals surface area contributed by atoms with Crippen molar-refractivity contribution in [2.45, 2.75) is 72.5 Å². The van der Waals surface area contributed by atoms with Crippen molar-refractivity contribution in [1.82, 2.24) is 25.2 Å². The Bertz CT molecular complexity index is 1640. The van der Waals surface area contributed by atoms with Gasteiger partial charge in [0.05, 0.1) is 23.7 Å². The number of benzene rings is 2. The van der Waals surface area contributed by atoms with Gasteiger partial charge in [0.2, 0.25) is 5.91 Å². The number of nitrogens with one attached hydrogen (secondary N) is 2. The van der Waals surface area contributed by atoms with Gasteiger partial charge in [-0.3, -0.25) is 24.3 Å². The van der Waals surface area contributed by atoms with Crippen LogP contribution in [0.1, 0.15) is 58.6 Å². The minimum Gasteiger partial charge on any atom is -0.465 e. The number of aromatic nitrogens is 1. The predicted molar refractivity (Wildman–Crippen MR) is 184 cm³/mol. The Labute approximate surface area is 278 Å². The van der Waals surface area contributed by atoms with Gasteiger partial charge in [-0.25, -0.2) is 5.43 Å². The number of anilines is 1. The lowest BCUT2D eigenvalue weighted by molar-refractivity contribution is -0.144. The second-order valence-corrected chi connectivity index (χ2v) is 13.9. The molecule has 4 N–H and O–H groups in total. The first-order valence-corrected chi connectivity index (χ1v) is 16.3. The molecule has 0 bridgehead atoms. The van der Waals surface area contributed by atoms with Gasteiger partial charge in [0, 0.05) is 55.7 Å². The van der Waals surface area contributed by atoms with E-state index in [1.165, 1.54) is 6.92 Å². The molecule has 252 valence electrons. The highest BCUT2D eigenvalue weighted by molar-refractivity contribution is 5.91. The summed E-state index contributed by atoms with van der Waals surface area (Å²) in [5.74, 6) is -0.653. The molecule has 1 saturated heterocycles. The molecule has 11 heteroatoms. The summed E-state index contributed by atoms with van der Waals surface area (Å²) in [6.07, 6.45) is 3.98. The maximum atomic E-state index is 13.8. The molecule has 4 rings (SSSR count). The zero-order valence-electron chi connectivity index (χ0n) is 28.7. The van der Waals surface area contributed by atoms with Crippen LogP contribution in [0.4, 0.5) is 5.69 Å². The van der Waals surface area contributed by atoms with Crippen molar-refractivity contribution in [1.29, 1.82) is 5.26 Å². The zero-order chi connectivity index (χ0) is 34.5. The fraction of sp³-hybridized carbons (Fsp3) is 0.500. The molecular formula is C36H49N7O4. The Hall–Kier alpha value is -4.40. The summed E-state index contributed by atoms with van der Waals surface area (Å²) in [4.78, 5) is 40.6. The van der Waals surface area contributed by atoms with E-state index in [1.807, 2.05) is 93.9 Å². The summed E-state index contributed by atoms with van der Waals surface area (Å²) in [5, 5.41) is 15.4. The number of fused-ring (bicyclic) bond motifs is 1. The second-order valence-electron chi connectivity index (χ2n) is 13.9. The molecule has 2 aromatic carbocycles. The van der Waals surface area contributed by atoms with Crippen LogP contribution in [0, 0.1) is 22.7 Å². The van der Waals surface area contributed by atoms with Crippen molar-refractivity contribution < 1.29 is 19.1 Å². The number of hydrazine groups is 1. The first kappa shape index (κ1) is 35.5. The number of esters is 1. The largest absolute Gasteiger partial charge is 0.465 e. The molecule has 11 nitrogen and oxygen atoms in total. The molecule has 2 unspecified atom stereocenters. The lowest BCUT2D eigenvalue weighted by Crippen LogP contribution is -2.58. The Balaban J connectivity index is 1.68. The summed E-state index contributed by atoms with van der Waals surface area (Å²) in [6, 6.07) is 12.8. The number of hydrogen-bond acceptors (Lipinski definition) is 8. The molecule has 0 spiro atoms. The number of rotatable bonds is 12. The number of nitrogen functional groups attached to an aromatic ring is 1. The van der Waals surface area contributed by atoms with Crippen LogP contribution in [-0.2, 0) is 32.1 Å². The molecule has 47 heavy (non-hydrogen) atoms. The summed E-state index contributed by atoms with van der Waals surface area (Å²) < 4.78 is 7.33. The number of amides is 2. The summed E-state index contributed by atoms with van der Waals surface area (Å²) in [6.45, 7) is 11.5. The first-order valence-electron chi connectivity index (χ1n) is 16.3. The minimum atomic E-state index is -0.790. The Morgan fingerprint density at radius 3 is 2.49 bits per heavy atom. The van der Waals surface area contributed by atoms with Crippen molar-refractivity contribution in [2.24, 2.45) is 11.3 Å². The zero-order valence-corrected chi connectivity index (χ0v) is 28.7. The van der Waals surface area contributed by atoms with Gasteiger partial charge in [0.1, 0.15) is 12.1 Å². The third kappa shape index (κ3) is 8.90. The van der Waals surface area contributed by atoms with Crippen LogP contribution in [0.2, 0.25) is 0 Å². The molecule has 1 aromatic heterocycles. The van der Waals surface area contributed by atoms with E-state index >= 15 is 0 Å².